The van der Waals surface area contributed by atoms with Gasteiger partial charge >= 0.3 is 0 Å². The monoisotopic (exact) mass is 250 g/mol. The fraction of sp³-hybridized carbons (Fsp3) is 0.417. The molecule has 0 saturated carbocycles. The summed E-state index contributed by atoms with van der Waals surface area (Å²) in [7, 11) is 3.21. The Hall–Kier alpha value is -2.11. The fourth-order valence-electron chi connectivity index (χ4n) is 1.55. The number of hydrogen-bond acceptors (Lipinski definition) is 4. The van der Waals surface area contributed by atoms with Crippen LogP contribution in [0.5, 0.6) is 0 Å². The summed E-state index contributed by atoms with van der Waals surface area (Å²) in [6, 6.07) is 3.19. The van der Waals surface area contributed by atoms with Gasteiger partial charge < -0.3 is 16.0 Å². The van der Waals surface area contributed by atoms with Gasteiger partial charge in [0.2, 0.25) is 5.91 Å². The van der Waals surface area contributed by atoms with E-state index in [2.05, 4.69) is 10.3 Å². The van der Waals surface area contributed by atoms with Crippen LogP contribution in [0.4, 0.5) is 5.69 Å². The third-order valence-corrected chi connectivity index (χ3v) is 2.59. The molecule has 3 N–H and O–H groups in total. The second-order valence-electron chi connectivity index (χ2n) is 4.18. The van der Waals surface area contributed by atoms with Gasteiger partial charge in [-0.2, -0.15) is 0 Å². The number of aromatic nitrogens is 1. The van der Waals surface area contributed by atoms with Gasteiger partial charge in [-0.05, 0) is 12.1 Å². The van der Waals surface area contributed by atoms with Gasteiger partial charge in [0.1, 0.15) is 5.69 Å². The number of anilines is 1. The third-order valence-electron chi connectivity index (χ3n) is 2.59. The van der Waals surface area contributed by atoms with E-state index >= 15 is 0 Å². The zero-order valence-corrected chi connectivity index (χ0v) is 10.8. The summed E-state index contributed by atoms with van der Waals surface area (Å²) in [6.45, 7) is 2.10. The molecule has 0 fully saturated rings. The molecule has 18 heavy (non-hydrogen) atoms. The molecule has 1 aromatic heterocycles. The molecular weight excluding hydrogens is 232 g/mol. The third kappa shape index (κ3) is 3.44. The number of nitrogens with one attached hydrogen (secondary N) is 1. The molecule has 6 heteroatoms. The zero-order valence-electron chi connectivity index (χ0n) is 10.8. The zero-order chi connectivity index (χ0) is 13.7. The normalized spacial score (nSPS) is 11.7. The van der Waals surface area contributed by atoms with Crippen molar-refractivity contribution in [3.05, 3.63) is 24.0 Å². The largest absolute Gasteiger partial charge is 0.397 e. The van der Waals surface area contributed by atoms with Crippen molar-refractivity contribution in [2.75, 3.05) is 26.4 Å². The molecule has 1 rings (SSSR count). The maximum atomic E-state index is 12.0. The van der Waals surface area contributed by atoms with Crippen LogP contribution in [0.2, 0.25) is 0 Å². The van der Waals surface area contributed by atoms with Crippen LogP contribution in [-0.2, 0) is 4.79 Å². The highest BCUT2D eigenvalue weighted by Crippen LogP contribution is 2.06. The molecule has 0 radical (unpaired) electrons. The maximum absolute atomic E-state index is 12.0. The fourth-order valence-corrected chi connectivity index (χ4v) is 1.55. The average molecular weight is 250 g/mol. The minimum Gasteiger partial charge on any atom is -0.397 e. The van der Waals surface area contributed by atoms with Gasteiger partial charge in [0.25, 0.3) is 5.91 Å². The lowest BCUT2D eigenvalue weighted by Crippen LogP contribution is -2.37. The molecule has 0 bridgehead atoms. The molecule has 1 unspecified atom stereocenters. The molecule has 6 nitrogen and oxygen atoms in total. The second-order valence-corrected chi connectivity index (χ2v) is 4.18. The van der Waals surface area contributed by atoms with Crippen LogP contribution in [0.3, 0.4) is 0 Å². The number of carbonyl (C=O) groups excluding carboxylic acids is 2. The van der Waals surface area contributed by atoms with Crippen molar-refractivity contribution < 1.29 is 9.59 Å². The van der Waals surface area contributed by atoms with E-state index in [0.29, 0.717) is 17.9 Å². The highest BCUT2D eigenvalue weighted by molar-refractivity contribution is 5.92. The summed E-state index contributed by atoms with van der Waals surface area (Å²) in [5, 5.41) is 2.55. The predicted molar refractivity (Wildman–Crippen MR) is 68.8 cm³/mol. The summed E-state index contributed by atoms with van der Waals surface area (Å²) in [4.78, 5) is 28.8. The van der Waals surface area contributed by atoms with Crippen molar-refractivity contribution >= 4 is 17.5 Å². The Morgan fingerprint density at radius 2 is 2.17 bits per heavy atom. The highest BCUT2D eigenvalue weighted by Gasteiger charge is 2.18. The first-order chi connectivity index (χ1) is 8.45. The lowest BCUT2D eigenvalue weighted by atomic mass is 10.1. The van der Waals surface area contributed by atoms with Crippen molar-refractivity contribution in [1.82, 2.24) is 15.2 Å². The van der Waals surface area contributed by atoms with Crippen molar-refractivity contribution in [2.45, 2.75) is 6.92 Å². The molecular formula is C12H18N4O2. The van der Waals surface area contributed by atoms with Crippen molar-refractivity contribution in [3.8, 4) is 0 Å². The quantitative estimate of drug-likeness (QED) is 0.794. The van der Waals surface area contributed by atoms with Gasteiger partial charge in [0.05, 0.1) is 17.8 Å². The Bertz CT molecular complexity index is 430. The molecule has 1 heterocycles. The lowest BCUT2D eigenvalue weighted by Gasteiger charge is -2.20. The number of nitrogens with two attached hydrogens (primary N) is 1. The van der Waals surface area contributed by atoms with E-state index < -0.39 is 0 Å². The first-order valence-corrected chi connectivity index (χ1v) is 5.64. The molecule has 1 aromatic rings. The van der Waals surface area contributed by atoms with Gasteiger partial charge in [-0.25, -0.2) is 4.98 Å². The summed E-state index contributed by atoms with van der Waals surface area (Å²) >= 11 is 0. The van der Waals surface area contributed by atoms with Crippen LogP contribution in [0.1, 0.15) is 17.4 Å². The van der Waals surface area contributed by atoms with E-state index in [1.807, 2.05) is 0 Å². The molecule has 0 aromatic carbocycles. The molecule has 0 aliphatic rings. The number of carbonyl (C=O) groups is 2. The van der Waals surface area contributed by atoms with Crippen LogP contribution in [-0.4, -0.2) is 42.3 Å². The number of amides is 2. The van der Waals surface area contributed by atoms with Crippen LogP contribution in [0.15, 0.2) is 18.3 Å². The number of pyridine rings is 1. The summed E-state index contributed by atoms with van der Waals surface area (Å²) in [5.41, 5.74) is 6.32. The standard InChI is InChI=1S/C12H18N4O2/c1-8(11(17)14-2)7-16(3)12(18)10-5-4-9(13)6-15-10/h4-6,8H,7,13H2,1-3H3,(H,14,17). The second kappa shape index (κ2) is 6.00. The summed E-state index contributed by atoms with van der Waals surface area (Å²) in [5.74, 6) is -0.594. The number of nitrogens with zero attached hydrogens (tertiary/aromatic N) is 2. The van der Waals surface area contributed by atoms with E-state index in [-0.39, 0.29) is 17.7 Å². The smallest absolute Gasteiger partial charge is 0.272 e. The molecule has 98 valence electrons. The predicted octanol–water partition coefficient (Wildman–Crippen LogP) is 0.118. The van der Waals surface area contributed by atoms with Gasteiger partial charge in [0.15, 0.2) is 0 Å². The average Bonchev–Trinajstić information content (AvgIpc) is 2.37. The van der Waals surface area contributed by atoms with E-state index in [1.165, 1.54) is 11.1 Å². The SMILES string of the molecule is CNC(=O)C(C)CN(C)C(=O)c1ccc(N)cn1. The summed E-state index contributed by atoms with van der Waals surface area (Å²) < 4.78 is 0. The van der Waals surface area contributed by atoms with Crippen molar-refractivity contribution in [2.24, 2.45) is 5.92 Å². The van der Waals surface area contributed by atoms with E-state index in [9.17, 15) is 9.59 Å². The number of nitrogen functional groups attached to an aromatic ring is 1. The molecule has 0 aliphatic heterocycles. The van der Waals surface area contributed by atoms with Crippen LogP contribution >= 0.6 is 0 Å². The maximum Gasteiger partial charge on any atom is 0.272 e. The van der Waals surface area contributed by atoms with Crippen LogP contribution in [0, 0.1) is 5.92 Å². The van der Waals surface area contributed by atoms with Crippen molar-refractivity contribution in [1.29, 1.82) is 0 Å². The molecule has 0 aliphatic carbocycles. The minimum atomic E-state index is -0.266. The highest BCUT2D eigenvalue weighted by atomic mass is 16.2. The van der Waals surface area contributed by atoms with E-state index in [4.69, 9.17) is 5.73 Å². The number of hydrogen-bond donors (Lipinski definition) is 2. The first-order valence-electron chi connectivity index (χ1n) is 5.64. The molecule has 0 spiro atoms. The molecule has 0 saturated heterocycles. The Morgan fingerprint density at radius 3 is 2.67 bits per heavy atom. The summed E-state index contributed by atoms with van der Waals surface area (Å²) in [6.07, 6.45) is 1.43. The van der Waals surface area contributed by atoms with Gasteiger partial charge in [0, 0.05) is 20.6 Å². The number of rotatable bonds is 4. The molecule has 2 amide bonds. The first kappa shape index (κ1) is 14.0. The topological polar surface area (TPSA) is 88.3 Å². The van der Waals surface area contributed by atoms with Gasteiger partial charge in [-0.3, -0.25) is 9.59 Å². The minimum absolute atomic E-state index is 0.0973. The van der Waals surface area contributed by atoms with Gasteiger partial charge in [-0.15, -0.1) is 0 Å². The van der Waals surface area contributed by atoms with E-state index in [1.54, 1.807) is 33.2 Å². The van der Waals surface area contributed by atoms with Crippen LogP contribution < -0.4 is 11.1 Å². The Labute approximate surface area is 106 Å². The van der Waals surface area contributed by atoms with Gasteiger partial charge in [-0.1, -0.05) is 6.92 Å². The van der Waals surface area contributed by atoms with Crippen molar-refractivity contribution in [3.63, 3.8) is 0 Å². The van der Waals surface area contributed by atoms with E-state index in [0.717, 1.165) is 0 Å². The Morgan fingerprint density at radius 1 is 1.50 bits per heavy atom. The Kier molecular flexibility index (Phi) is 4.65. The molecule has 1 atom stereocenters. The van der Waals surface area contributed by atoms with Crippen LogP contribution in [0.25, 0.3) is 0 Å². The Balaban J connectivity index is 2.67. The lowest BCUT2D eigenvalue weighted by molar-refractivity contribution is -0.124.